The average molecular weight is 303 g/mol. The van der Waals surface area contributed by atoms with Gasteiger partial charge in [-0.25, -0.2) is 0 Å². The van der Waals surface area contributed by atoms with Crippen LogP contribution in [-0.4, -0.2) is 13.1 Å². The lowest BCUT2D eigenvalue weighted by atomic mass is 9.87. The minimum absolute atomic E-state index is 0.198. The molecule has 0 atom stereocenters. The van der Waals surface area contributed by atoms with Crippen LogP contribution in [0.2, 0.25) is 0 Å². The highest BCUT2D eigenvalue weighted by Crippen LogP contribution is 2.26. The van der Waals surface area contributed by atoms with E-state index in [-0.39, 0.29) is 5.41 Å². The molecule has 0 saturated heterocycles. The summed E-state index contributed by atoms with van der Waals surface area (Å²) in [7, 11) is 0. The second-order valence-corrected chi connectivity index (χ2v) is 7.28. The van der Waals surface area contributed by atoms with Gasteiger partial charge < -0.3 is 4.90 Å². The first kappa shape index (κ1) is 15.7. The largest absolute Gasteiger partial charge is 0.360 e. The fourth-order valence-corrected chi connectivity index (χ4v) is 3.07. The predicted octanol–water partition coefficient (Wildman–Crippen LogP) is 4.79. The number of nitrogens with zero attached hydrogens (tertiary/aromatic N) is 1. The number of hydrogen-bond donors (Lipinski definition) is 0. The molecule has 0 spiro atoms. The standard InChI is InChI=1S/C22H25N/c1-22(2,3)20-14-12-18(13-15-20)8-6-16-23-17-7-10-19-9-4-5-11-21(19)23/h4-5,9,11-15H,7,10,16-17H2,1-3H3. The third kappa shape index (κ3) is 3.77. The van der Waals surface area contributed by atoms with E-state index in [2.05, 4.69) is 86.0 Å². The number of hydrogen-bond acceptors (Lipinski definition) is 1. The molecular weight excluding hydrogens is 278 g/mol. The van der Waals surface area contributed by atoms with Crippen molar-refractivity contribution in [2.45, 2.75) is 39.0 Å². The van der Waals surface area contributed by atoms with Crippen molar-refractivity contribution < 1.29 is 0 Å². The van der Waals surface area contributed by atoms with Crippen molar-refractivity contribution in [2.24, 2.45) is 0 Å². The number of fused-ring (bicyclic) bond motifs is 1. The van der Waals surface area contributed by atoms with Gasteiger partial charge >= 0.3 is 0 Å². The number of benzene rings is 2. The topological polar surface area (TPSA) is 3.24 Å². The molecule has 0 saturated carbocycles. The summed E-state index contributed by atoms with van der Waals surface area (Å²) < 4.78 is 0. The zero-order valence-electron chi connectivity index (χ0n) is 14.4. The van der Waals surface area contributed by atoms with Crippen molar-refractivity contribution in [1.29, 1.82) is 0 Å². The third-order valence-electron chi connectivity index (χ3n) is 4.46. The van der Waals surface area contributed by atoms with Gasteiger partial charge in [0.25, 0.3) is 0 Å². The summed E-state index contributed by atoms with van der Waals surface area (Å²) >= 11 is 0. The molecule has 0 aromatic heterocycles. The van der Waals surface area contributed by atoms with Gasteiger partial charge in [-0.3, -0.25) is 0 Å². The molecule has 0 amide bonds. The second kappa shape index (κ2) is 6.50. The third-order valence-corrected chi connectivity index (χ3v) is 4.46. The van der Waals surface area contributed by atoms with Crippen LogP contribution >= 0.6 is 0 Å². The minimum atomic E-state index is 0.198. The van der Waals surface area contributed by atoms with E-state index < -0.39 is 0 Å². The highest BCUT2D eigenvalue weighted by atomic mass is 15.1. The Hall–Kier alpha value is -2.20. The molecular formula is C22H25N. The zero-order valence-corrected chi connectivity index (χ0v) is 14.4. The molecule has 2 aromatic carbocycles. The van der Waals surface area contributed by atoms with Crippen LogP contribution in [0, 0.1) is 11.8 Å². The smallest absolute Gasteiger partial charge is 0.0798 e. The first-order chi connectivity index (χ1) is 11.0. The van der Waals surface area contributed by atoms with Gasteiger partial charge in [-0.2, -0.15) is 0 Å². The molecule has 1 aliphatic rings. The number of anilines is 1. The van der Waals surface area contributed by atoms with Crippen LogP contribution in [0.3, 0.4) is 0 Å². The Labute approximate surface area is 140 Å². The molecule has 1 heterocycles. The quantitative estimate of drug-likeness (QED) is 0.685. The molecule has 118 valence electrons. The molecule has 1 aliphatic heterocycles. The lowest BCUT2D eigenvalue weighted by Crippen LogP contribution is -2.29. The van der Waals surface area contributed by atoms with Crippen LogP contribution in [0.15, 0.2) is 48.5 Å². The summed E-state index contributed by atoms with van der Waals surface area (Å²) in [5, 5.41) is 0. The van der Waals surface area contributed by atoms with Crippen molar-refractivity contribution in [3.05, 3.63) is 65.2 Å². The predicted molar refractivity (Wildman–Crippen MR) is 99.0 cm³/mol. The van der Waals surface area contributed by atoms with Crippen molar-refractivity contribution in [2.75, 3.05) is 18.0 Å². The van der Waals surface area contributed by atoms with Crippen LogP contribution < -0.4 is 4.90 Å². The van der Waals surface area contributed by atoms with Gasteiger partial charge in [0, 0.05) is 17.8 Å². The van der Waals surface area contributed by atoms with E-state index in [0.29, 0.717) is 0 Å². The van der Waals surface area contributed by atoms with Crippen molar-refractivity contribution in [3.63, 3.8) is 0 Å². The lowest BCUT2D eigenvalue weighted by Gasteiger charge is -2.29. The highest BCUT2D eigenvalue weighted by molar-refractivity contribution is 5.56. The maximum absolute atomic E-state index is 3.35. The molecule has 2 aromatic rings. The lowest BCUT2D eigenvalue weighted by molar-refractivity contribution is 0.590. The Morgan fingerprint density at radius 1 is 1.00 bits per heavy atom. The first-order valence-corrected chi connectivity index (χ1v) is 8.46. The Kier molecular flexibility index (Phi) is 4.44. The average Bonchev–Trinajstić information content (AvgIpc) is 2.55. The summed E-state index contributed by atoms with van der Waals surface area (Å²) in [4.78, 5) is 2.40. The molecule has 0 N–H and O–H groups in total. The van der Waals surface area contributed by atoms with Crippen molar-refractivity contribution >= 4 is 5.69 Å². The van der Waals surface area contributed by atoms with Crippen LogP contribution in [-0.2, 0) is 11.8 Å². The van der Waals surface area contributed by atoms with E-state index in [1.165, 1.54) is 29.7 Å². The van der Waals surface area contributed by atoms with Gasteiger partial charge in [-0.15, -0.1) is 0 Å². The van der Waals surface area contributed by atoms with Crippen LogP contribution in [0.1, 0.15) is 43.9 Å². The summed E-state index contributed by atoms with van der Waals surface area (Å²) in [6.07, 6.45) is 2.41. The maximum atomic E-state index is 3.35. The summed E-state index contributed by atoms with van der Waals surface area (Å²) in [6, 6.07) is 17.4. The fraction of sp³-hybridized carbons (Fsp3) is 0.364. The van der Waals surface area contributed by atoms with Gasteiger partial charge in [0.05, 0.1) is 6.54 Å². The molecule has 23 heavy (non-hydrogen) atoms. The van der Waals surface area contributed by atoms with Gasteiger partial charge in [-0.1, -0.05) is 62.9 Å². The molecule has 0 aliphatic carbocycles. The summed E-state index contributed by atoms with van der Waals surface area (Å²) in [5.74, 6) is 6.66. The Bertz CT molecular complexity index is 723. The second-order valence-electron chi connectivity index (χ2n) is 7.28. The zero-order chi connectivity index (χ0) is 16.3. The normalized spacial score (nSPS) is 14.0. The Morgan fingerprint density at radius 2 is 1.74 bits per heavy atom. The van der Waals surface area contributed by atoms with Gasteiger partial charge in [-0.05, 0) is 47.6 Å². The van der Waals surface area contributed by atoms with E-state index in [1.54, 1.807) is 0 Å². The molecule has 0 unspecified atom stereocenters. The van der Waals surface area contributed by atoms with Crippen molar-refractivity contribution in [3.8, 4) is 11.8 Å². The maximum Gasteiger partial charge on any atom is 0.0798 e. The number of aryl methyl sites for hydroxylation is 1. The molecule has 0 radical (unpaired) electrons. The Morgan fingerprint density at radius 3 is 2.48 bits per heavy atom. The van der Waals surface area contributed by atoms with E-state index >= 15 is 0 Å². The molecule has 0 fully saturated rings. The number of rotatable bonds is 1. The van der Waals surface area contributed by atoms with Crippen LogP contribution in [0.25, 0.3) is 0 Å². The summed E-state index contributed by atoms with van der Waals surface area (Å²) in [6.45, 7) is 8.62. The van der Waals surface area contributed by atoms with E-state index in [1.807, 2.05) is 0 Å². The minimum Gasteiger partial charge on any atom is -0.360 e. The van der Waals surface area contributed by atoms with Crippen LogP contribution in [0.4, 0.5) is 5.69 Å². The Balaban J connectivity index is 1.69. The van der Waals surface area contributed by atoms with Gasteiger partial charge in [0.2, 0.25) is 0 Å². The van der Waals surface area contributed by atoms with E-state index in [9.17, 15) is 0 Å². The van der Waals surface area contributed by atoms with E-state index in [4.69, 9.17) is 0 Å². The number of para-hydroxylation sites is 1. The molecule has 0 bridgehead atoms. The fourth-order valence-electron chi connectivity index (χ4n) is 3.07. The summed E-state index contributed by atoms with van der Waals surface area (Å²) in [5.41, 5.74) is 5.46. The SMILES string of the molecule is CC(C)(C)c1ccc(C#CCN2CCCc3ccccc32)cc1. The monoisotopic (exact) mass is 303 g/mol. The highest BCUT2D eigenvalue weighted by Gasteiger charge is 2.15. The van der Waals surface area contributed by atoms with Gasteiger partial charge in [0.1, 0.15) is 0 Å². The van der Waals surface area contributed by atoms with Gasteiger partial charge in [0.15, 0.2) is 0 Å². The molecule has 1 heteroatoms. The molecule has 1 nitrogen and oxygen atoms in total. The first-order valence-electron chi connectivity index (χ1n) is 8.46. The van der Waals surface area contributed by atoms with Crippen molar-refractivity contribution in [1.82, 2.24) is 0 Å². The van der Waals surface area contributed by atoms with Crippen LogP contribution in [0.5, 0.6) is 0 Å². The van der Waals surface area contributed by atoms with E-state index in [0.717, 1.165) is 18.7 Å². The molecule has 3 rings (SSSR count).